The standard InChI is InChI=1S/C14H20BrN3O2/c1-10-8-17(9-14(10)16(2)3)13-5-4-12(18(19)20)6-11(13)7-15/h4-6,10,14H,7-9H2,1-3H3. The molecule has 6 heteroatoms. The van der Waals surface area contributed by atoms with Crippen LogP contribution < -0.4 is 4.90 Å². The summed E-state index contributed by atoms with van der Waals surface area (Å²) in [4.78, 5) is 15.1. The predicted octanol–water partition coefficient (Wildman–Crippen LogP) is 2.88. The molecule has 1 aliphatic rings. The minimum Gasteiger partial charge on any atom is -0.369 e. The quantitative estimate of drug-likeness (QED) is 0.480. The molecule has 0 aromatic heterocycles. The summed E-state index contributed by atoms with van der Waals surface area (Å²) in [7, 11) is 4.21. The van der Waals surface area contributed by atoms with Crippen molar-refractivity contribution in [1.82, 2.24) is 4.90 Å². The first-order valence-corrected chi connectivity index (χ1v) is 7.80. The molecule has 1 fully saturated rings. The highest BCUT2D eigenvalue weighted by atomic mass is 79.9. The Kier molecular flexibility index (Phi) is 4.65. The molecule has 1 aromatic rings. The normalized spacial score (nSPS) is 22.6. The first kappa shape index (κ1) is 15.3. The van der Waals surface area contributed by atoms with Gasteiger partial charge in [-0.05, 0) is 31.6 Å². The van der Waals surface area contributed by atoms with E-state index in [-0.39, 0.29) is 10.6 Å². The molecule has 1 saturated heterocycles. The summed E-state index contributed by atoms with van der Waals surface area (Å²) >= 11 is 3.44. The van der Waals surface area contributed by atoms with Crippen LogP contribution in [0.1, 0.15) is 12.5 Å². The second kappa shape index (κ2) is 6.10. The Balaban J connectivity index is 2.27. The van der Waals surface area contributed by atoms with Crippen molar-refractivity contribution < 1.29 is 4.92 Å². The number of nitrogens with zero attached hydrogens (tertiary/aromatic N) is 3. The summed E-state index contributed by atoms with van der Waals surface area (Å²) < 4.78 is 0. The van der Waals surface area contributed by atoms with Crippen molar-refractivity contribution in [2.45, 2.75) is 18.3 Å². The van der Waals surface area contributed by atoms with Gasteiger partial charge in [0.15, 0.2) is 0 Å². The lowest BCUT2D eigenvalue weighted by Gasteiger charge is -2.24. The van der Waals surface area contributed by atoms with E-state index in [0.29, 0.717) is 17.3 Å². The van der Waals surface area contributed by atoms with Crippen molar-refractivity contribution in [3.8, 4) is 0 Å². The summed E-state index contributed by atoms with van der Waals surface area (Å²) in [5.74, 6) is 0.586. The fourth-order valence-corrected chi connectivity index (χ4v) is 3.37. The minimum absolute atomic E-state index is 0.152. The highest BCUT2D eigenvalue weighted by Crippen LogP contribution is 2.32. The van der Waals surface area contributed by atoms with Crippen molar-refractivity contribution in [3.05, 3.63) is 33.9 Å². The van der Waals surface area contributed by atoms with E-state index >= 15 is 0 Å². The first-order chi connectivity index (χ1) is 9.43. The average Bonchev–Trinajstić information content (AvgIpc) is 2.80. The number of non-ortho nitro benzene ring substituents is 1. The van der Waals surface area contributed by atoms with Gasteiger partial charge in [-0.1, -0.05) is 22.9 Å². The molecule has 110 valence electrons. The Labute approximate surface area is 127 Å². The molecule has 0 saturated carbocycles. The van der Waals surface area contributed by atoms with E-state index in [1.54, 1.807) is 12.1 Å². The molecule has 1 aromatic carbocycles. The van der Waals surface area contributed by atoms with Crippen molar-refractivity contribution in [2.75, 3.05) is 32.1 Å². The average molecular weight is 342 g/mol. The molecule has 0 N–H and O–H groups in total. The van der Waals surface area contributed by atoms with E-state index < -0.39 is 0 Å². The zero-order valence-electron chi connectivity index (χ0n) is 12.0. The number of halogens is 1. The third kappa shape index (κ3) is 2.96. The van der Waals surface area contributed by atoms with Crippen molar-refractivity contribution >= 4 is 27.3 Å². The van der Waals surface area contributed by atoms with Crippen LogP contribution in [0.2, 0.25) is 0 Å². The first-order valence-electron chi connectivity index (χ1n) is 6.68. The van der Waals surface area contributed by atoms with Gasteiger partial charge in [0.25, 0.3) is 5.69 Å². The van der Waals surface area contributed by atoms with Crippen molar-refractivity contribution in [3.63, 3.8) is 0 Å². The molecular formula is C14H20BrN3O2. The van der Waals surface area contributed by atoms with Gasteiger partial charge in [-0.25, -0.2) is 0 Å². The van der Waals surface area contributed by atoms with Crippen molar-refractivity contribution in [1.29, 1.82) is 0 Å². The van der Waals surface area contributed by atoms with Crippen LogP contribution in [-0.2, 0) is 5.33 Å². The number of hydrogen-bond acceptors (Lipinski definition) is 4. The van der Waals surface area contributed by atoms with Crippen LogP contribution in [0.25, 0.3) is 0 Å². The second-order valence-corrected chi connectivity index (χ2v) is 6.18. The molecule has 0 aliphatic carbocycles. The molecule has 2 unspecified atom stereocenters. The number of hydrogen-bond donors (Lipinski definition) is 0. The number of likely N-dealkylation sites (N-methyl/N-ethyl adjacent to an activating group) is 1. The van der Waals surface area contributed by atoms with Gasteiger partial charge >= 0.3 is 0 Å². The predicted molar refractivity (Wildman–Crippen MR) is 84.6 cm³/mol. The maximum absolute atomic E-state index is 10.9. The van der Waals surface area contributed by atoms with Gasteiger partial charge in [0, 0.05) is 42.3 Å². The lowest BCUT2D eigenvalue weighted by atomic mass is 10.1. The van der Waals surface area contributed by atoms with Gasteiger partial charge in [-0.2, -0.15) is 0 Å². The van der Waals surface area contributed by atoms with E-state index in [2.05, 4.69) is 46.7 Å². The number of nitro benzene ring substituents is 1. The summed E-state index contributed by atoms with van der Waals surface area (Å²) in [6.07, 6.45) is 0. The number of alkyl halides is 1. The summed E-state index contributed by atoms with van der Waals surface area (Å²) in [6, 6.07) is 5.65. The van der Waals surface area contributed by atoms with Crippen LogP contribution in [-0.4, -0.2) is 43.0 Å². The number of benzene rings is 1. The Morgan fingerprint density at radius 3 is 2.65 bits per heavy atom. The van der Waals surface area contributed by atoms with Gasteiger partial charge in [-0.15, -0.1) is 0 Å². The molecule has 5 nitrogen and oxygen atoms in total. The molecule has 1 aliphatic heterocycles. The fraction of sp³-hybridized carbons (Fsp3) is 0.571. The van der Waals surface area contributed by atoms with Crippen LogP contribution in [0, 0.1) is 16.0 Å². The van der Waals surface area contributed by atoms with Crippen LogP contribution in [0.3, 0.4) is 0 Å². The van der Waals surface area contributed by atoms with Gasteiger partial charge in [0.05, 0.1) is 4.92 Å². The van der Waals surface area contributed by atoms with E-state index in [4.69, 9.17) is 0 Å². The second-order valence-electron chi connectivity index (χ2n) is 5.62. The molecule has 0 radical (unpaired) electrons. The summed E-state index contributed by atoms with van der Waals surface area (Å²) in [5.41, 5.74) is 2.23. The molecule has 20 heavy (non-hydrogen) atoms. The Hall–Kier alpha value is -1.14. The lowest BCUT2D eigenvalue weighted by molar-refractivity contribution is -0.384. The maximum Gasteiger partial charge on any atom is 0.269 e. The maximum atomic E-state index is 10.9. The zero-order chi connectivity index (χ0) is 14.9. The molecule has 0 amide bonds. The number of anilines is 1. The Bertz CT molecular complexity index is 507. The van der Waals surface area contributed by atoms with Crippen LogP contribution in [0.4, 0.5) is 11.4 Å². The third-order valence-electron chi connectivity index (χ3n) is 3.99. The third-order valence-corrected chi connectivity index (χ3v) is 4.60. The van der Waals surface area contributed by atoms with E-state index in [0.717, 1.165) is 24.3 Å². The number of nitro groups is 1. The minimum atomic E-state index is -0.342. The van der Waals surface area contributed by atoms with Crippen LogP contribution >= 0.6 is 15.9 Å². The molecule has 2 atom stereocenters. The fourth-order valence-electron chi connectivity index (χ4n) is 2.92. The van der Waals surface area contributed by atoms with Crippen molar-refractivity contribution in [2.24, 2.45) is 5.92 Å². The zero-order valence-corrected chi connectivity index (χ0v) is 13.6. The van der Waals surface area contributed by atoms with Crippen LogP contribution in [0.5, 0.6) is 0 Å². The summed E-state index contributed by atoms with van der Waals surface area (Å²) in [6.45, 7) is 4.20. The van der Waals surface area contributed by atoms with Gasteiger partial charge in [0.2, 0.25) is 0 Å². The molecule has 1 heterocycles. The van der Waals surface area contributed by atoms with Crippen LogP contribution in [0.15, 0.2) is 18.2 Å². The molecule has 2 rings (SSSR count). The largest absolute Gasteiger partial charge is 0.369 e. The smallest absolute Gasteiger partial charge is 0.269 e. The van der Waals surface area contributed by atoms with E-state index in [1.165, 1.54) is 0 Å². The van der Waals surface area contributed by atoms with E-state index in [9.17, 15) is 10.1 Å². The highest BCUT2D eigenvalue weighted by molar-refractivity contribution is 9.08. The van der Waals surface area contributed by atoms with Gasteiger partial charge in [0.1, 0.15) is 0 Å². The van der Waals surface area contributed by atoms with Gasteiger partial charge in [-0.3, -0.25) is 10.1 Å². The molecule has 0 spiro atoms. The number of rotatable bonds is 4. The lowest BCUT2D eigenvalue weighted by Crippen LogP contribution is -2.34. The Morgan fingerprint density at radius 2 is 2.15 bits per heavy atom. The highest BCUT2D eigenvalue weighted by Gasteiger charge is 2.32. The Morgan fingerprint density at radius 1 is 1.45 bits per heavy atom. The van der Waals surface area contributed by atoms with Gasteiger partial charge < -0.3 is 9.80 Å². The monoisotopic (exact) mass is 341 g/mol. The molecular weight excluding hydrogens is 322 g/mol. The summed E-state index contributed by atoms with van der Waals surface area (Å²) in [5, 5.41) is 11.5. The SMILES string of the molecule is CC1CN(c2ccc([N+](=O)[O-])cc2CBr)CC1N(C)C. The van der Waals surface area contributed by atoms with E-state index in [1.807, 2.05) is 6.07 Å². The molecule has 0 bridgehead atoms. The topological polar surface area (TPSA) is 49.6 Å².